The van der Waals surface area contributed by atoms with Crippen LogP contribution in [0.15, 0.2) is 27.8 Å². The van der Waals surface area contributed by atoms with Crippen LogP contribution in [0.2, 0.25) is 5.02 Å². The van der Waals surface area contributed by atoms with Crippen molar-refractivity contribution in [1.29, 1.82) is 0 Å². The predicted octanol–water partition coefficient (Wildman–Crippen LogP) is 2.09. The number of aromatic amines is 2. The Morgan fingerprint density at radius 3 is 2.62 bits per heavy atom. The first-order chi connectivity index (χ1) is 10.1. The topological polar surface area (TPSA) is 65.7 Å². The fourth-order valence-corrected chi connectivity index (χ4v) is 4.29. The van der Waals surface area contributed by atoms with Crippen LogP contribution in [0.4, 0.5) is 0 Å². The highest BCUT2D eigenvalue weighted by Gasteiger charge is 2.42. The predicted molar refractivity (Wildman–Crippen MR) is 81.2 cm³/mol. The highest BCUT2D eigenvalue weighted by molar-refractivity contribution is 6.31. The maximum atomic E-state index is 11.9. The molecule has 4 rings (SSSR count). The Kier molecular flexibility index (Phi) is 2.67. The second-order valence-corrected chi connectivity index (χ2v) is 6.50. The van der Waals surface area contributed by atoms with Gasteiger partial charge in [-0.3, -0.25) is 9.78 Å². The van der Waals surface area contributed by atoms with Gasteiger partial charge in [-0.25, -0.2) is 4.79 Å². The van der Waals surface area contributed by atoms with Crippen molar-refractivity contribution in [3.05, 3.63) is 66.4 Å². The summed E-state index contributed by atoms with van der Waals surface area (Å²) in [5, 5.41) is 0.828. The summed E-state index contributed by atoms with van der Waals surface area (Å²) in [6, 6.07) is 6.07. The van der Waals surface area contributed by atoms with E-state index in [0.29, 0.717) is 6.42 Å². The smallest absolute Gasteiger partial charge is 0.311 e. The van der Waals surface area contributed by atoms with Gasteiger partial charge in [-0.1, -0.05) is 23.7 Å². The molecule has 1 spiro atoms. The lowest BCUT2D eigenvalue weighted by Gasteiger charge is -2.35. The van der Waals surface area contributed by atoms with Gasteiger partial charge in [0.2, 0.25) is 0 Å². The third-order valence-electron chi connectivity index (χ3n) is 5.04. The third-order valence-corrected chi connectivity index (χ3v) is 5.40. The van der Waals surface area contributed by atoms with Gasteiger partial charge >= 0.3 is 5.69 Å². The second kappa shape index (κ2) is 4.34. The molecule has 2 N–H and O–H groups in total. The number of H-pyrrole nitrogens is 2. The molecule has 21 heavy (non-hydrogen) atoms. The fourth-order valence-electron chi connectivity index (χ4n) is 4.02. The van der Waals surface area contributed by atoms with E-state index < -0.39 is 5.69 Å². The normalized spacial score (nSPS) is 23.1. The Morgan fingerprint density at radius 1 is 1.05 bits per heavy atom. The zero-order chi connectivity index (χ0) is 14.6. The van der Waals surface area contributed by atoms with E-state index in [1.54, 1.807) is 0 Å². The highest BCUT2D eigenvalue weighted by Crippen LogP contribution is 2.48. The minimum Gasteiger partial charge on any atom is -0.311 e. The minimum atomic E-state index is -0.417. The number of rotatable bonds is 0. The first-order valence-electron chi connectivity index (χ1n) is 7.21. The summed E-state index contributed by atoms with van der Waals surface area (Å²) in [7, 11) is 0. The number of benzene rings is 1. The van der Waals surface area contributed by atoms with Gasteiger partial charge in [0, 0.05) is 21.7 Å². The molecule has 1 unspecified atom stereocenters. The lowest BCUT2D eigenvalue weighted by Crippen LogP contribution is -2.38. The molecule has 4 nitrogen and oxygen atoms in total. The fraction of sp³-hybridized carbons (Fsp3) is 0.375. The van der Waals surface area contributed by atoms with Crippen molar-refractivity contribution in [1.82, 2.24) is 9.97 Å². The third kappa shape index (κ3) is 1.82. The molecule has 1 aromatic heterocycles. The molecule has 0 bridgehead atoms. The molecule has 0 radical (unpaired) electrons. The maximum absolute atomic E-state index is 11.9. The van der Waals surface area contributed by atoms with Gasteiger partial charge in [0.15, 0.2) is 0 Å². The summed E-state index contributed by atoms with van der Waals surface area (Å²) in [6.07, 6.45) is 4.35. The van der Waals surface area contributed by atoms with Gasteiger partial charge in [0.1, 0.15) is 0 Å². The molecule has 0 fully saturated rings. The molecular formula is C16H15ClN2O2. The summed E-state index contributed by atoms with van der Waals surface area (Å²) in [6.45, 7) is 0. The average Bonchev–Trinajstić information content (AvgIpc) is 2.78. The number of fused-ring (bicyclic) bond motifs is 3. The molecule has 108 valence electrons. The average molecular weight is 303 g/mol. The SMILES string of the molecule is O=c1[nH]c2c(c(=O)[nH]1)CCC1(CCc3c(Cl)cccc31)C2. The molecule has 5 heteroatoms. The number of nitrogens with one attached hydrogen (secondary N) is 2. The Balaban J connectivity index is 1.86. The van der Waals surface area contributed by atoms with Gasteiger partial charge in [-0.05, 0) is 49.3 Å². The van der Waals surface area contributed by atoms with Gasteiger partial charge < -0.3 is 4.98 Å². The molecule has 2 aromatic rings. The van der Waals surface area contributed by atoms with E-state index in [9.17, 15) is 9.59 Å². The summed E-state index contributed by atoms with van der Waals surface area (Å²) in [5.74, 6) is 0. The van der Waals surface area contributed by atoms with Crippen LogP contribution in [0.3, 0.4) is 0 Å². The largest absolute Gasteiger partial charge is 0.325 e. The standard InChI is InChI=1S/C16H15ClN2O2/c17-12-3-1-2-11-9(12)4-6-16(11)7-5-10-13(8-16)18-15(21)19-14(10)20/h1-3H,4-8H2,(H2,18,19,20,21). The quantitative estimate of drug-likeness (QED) is 0.782. The second-order valence-electron chi connectivity index (χ2n) is 6.09. The number of halogens is 1. The van der Waals surface area contributed by atoms with Crippen LogP contribution >= 0.6 is 11.6 Å². The monoisotopic (exact) mass is 302 g/mol. The number of hydrogen-bond donors (Lipinski definition) is 2. The van der Waals surface area contributed by atoms with E-state index in [1.165, 1.54) is 11.1 Å². The van der Waals surface area contributed by atoms with Gasteiger partial charge in [-0.2, -0.15) is 0 Å². The molecule has 2 aliphatic carbocycles. The van der Waals surface area contributed by atoms with Crippen LogP contribution in [0.25, 0.3) is 0 Å². The van der Waals surface area contributed by atoms with Crippen LogP contribution in [0.1, 0.15) is 35.2 Å². The van der Waals surface area contributed by atoms with Crippen molar-refractivity contribution in [2.45, 2.75) is 37.5 Å². The molecule has 0 aliphatic heterocycles. The van der Waals surface area contributed by atoms with Crippen LogP contribution in [0, 0.1) is 0 Å². The van der Waals surface area contributed by atoms with Gasteiger partial charge in [0.25, 0.3) is 5.56 Å². The van der Waals surface area contributed by atoms with Crippen molar-refractivity contribution in [3.63, 3.8) is 0 Å². The van der Waals surface area contributed by atoms with Crippen LogP contribution < -0.4 is 11.2 Å². The lowest BCUT2D eigenvalue weighted by molar-refractivity contribution is 0.361. The maximum Gasteiger partial charge on any atom is 0.325 e. The zero-order valence-electron chi connectivity index (χ0n) is 11.5. The van der Waals surface area contributed by atoms with Crippen LogP contribution in [0.5, 0.6) is 0 Å². The molecule has 1 aromatic carbocycles. The summed E-state index contributed by atoms with van der Waals surface area (Å²) < 4.78 is 0. The Hall–Kier alpha value is -1.81. The lowest BCUT2D eigenvalue weighted by atomic mass is 9.70. The van der Waals surface area contributed by atoms with E-state index in [-0.39, 0.29) is 11.0 Å². The first kappa shape index (κ1) is 12.9. The van der Waals surface area contributed by atoms with Gasteiger partial charge in [0.05, 0.1) is 0 Å². The summed E-state index contributed by atoms with van der Waals surface area (Å²) in [4.78, 5) is 28.6. The highest BCUT2D eigenvalue weighted by atomic mass is 35.5. The van der Waals surface area contributed by atoms with Crippen molar-refractivity contribution in [2.75, 3.05) is 0 Å². The number of hydrogen-bond acceptors (Lipinski definition) is 2. The Morgan fingerprint density at radius 2 is 1.81 bits per heavy atom. The molecule has 0 amide bonds. The number of aromatic nitrogens is 2. The van der Waals surface area contributed by atoms with E-state index in [0.717, 1.165) is 42.0 Å². The van der Waals surface area contributed by atoms with Crippen molar-refractivity contribution in [2.24, 2.45) is 0 Å². The van der Waals surface area contributed by atoms with E-state index in [4.69, 9.17) is 11.6 Å². The molecular weight excluding hydrogens is 288 g/mol. The van der Waals surface area contributed by atoms with E-state index in [2.05, 4.69) is 16.0 Å². The van der Waals surface area contributed by atoms with Crippen molar-refractivity contribution in [3.8, 4) is 0 Å². The molecule has 0 saturated heterocycles. The Labute approximate surface area is 126 Å². The van der Waals surface area contributed by atoms with E-state index in [1.807, 2.05) is 12.1 Å². The van der Waals surface area contributed by atoms with Crippen molar-refractivity contribution < 1.29 is 0 Å². The summed E-state index contributed by atoms with van der Waals surface area (Å²) >= 11 is 6.31. The first-order valence-corrected chi connectivity index (χ1v) is 7.59. The zero-order valence-corrected chi connectivity index (χ0v) is 12.2. The molecule has 1 heterocycles. The molecule has 2 aliphatic rings. The van der Waals surface area contributed by atoms with Crippen molar-refractivity contribution >= 4 is 11.6 Å². The Bertz CT molecular complexity index is 852. The van der Waals surface area contributed by atoms with Crippen LogP contribution in [-0.4, -0.2) is 9.97 Å². The minimum absolute atomic E-state index is 0.0178. The van der Waals surface area contributed by atoms with Crippen LogP contribution in [-0.2, 0) is 24.7 Å². The molecule has 1 atom stereocenters. The van der Waals surface area contributed by atoms with Gasteiger partial charge in [-0.15, -0.1) is 0 Å². The molecule has 0 saturated carbocycles. The van der Waals surface area contributed by atoms with E-state index >= 15 is 0 Å². The summed E-state index contributed by atoms with van der Waals surface area (Å²) in [5.41, 5.74) is 3.41.